The minimum absolute atomic E-state index is 0.401. The van der Waals surface area contributed by atoms with E-state index in [0.717, 1.165) is 17.0 Å². The van der Waals surface area contributed by atoms with E-state index in [2.05, 4.69) is 20.3 Å². The number of hydrogen-bond acceptors (Lipinski definition) is 5. The van der Waals surface area contributed by atoms with Crippen molar-refractivity contribution in [2.24, 2.45) is 5.10 Å². The van der Waals surface area contributed by atoms with Gasteiger partial charge in [-0.15, -0.1) is 0 Å². The van der Waals surface area contributed by atoms with E-state index in [9.17, 15) is 0 Å². The number of H-pyrrole nitrogens is 1. The van der Waals surface area contributed by atoms with Gasteiger partial charge >= 0.3 is 0 Å². The molecule has 0 aliphatic carbocycles. The third-order valence-electron chi connectivity index (χ3n) is 3.07. The summed E-state index contributed by atoms with van der Waals surface area (Å²) in [5.74, 6) is 1.32. The van der Waals surface area contributed by atoms with Crippen molar-refractivity contribution < 1.29 is 4.74 Å². The Morgan fingerprint density at radius 3 is 2.87 bits per heavy atom. The summed E-state index contributed by atoms with van der Waals surface area (Å²) in [6.45, 7) is 2.51. The summed E-state index contributed by atoms with van der Waals surface area (Å²) in [6, 6.07) is 13.3. The number of rotatable bonds is 5. The van der Waals surface area contributed by atoms with Crippen LogP contribution in [0.2, 0.25) is 0 Å². The van der Waals surface area contributed by atoms with Gasteiger partial charge in [0.2, 0.25) is 4.77 Å². The van der Waals surface area contributed by atoms with Crippen molar-refractivity contribution in [2.75, 3.05) is 6.61 Å². The first-order valence-electron chi connectivity index (χ1n) is 7.14. The standard InChI is InChI=1S/C16H15N5OS/c1-2-22-14-9-4-3-8-13(14)15-19-20-16(23)21(15)18-11-12-7-5-6-10-17-12/h3-11H,2H2,1H3,(H,20,23)/b18-11-. The van der Waals surface area contributed by atoms with E-state index >= 15 is 0 Å². The van der Waals surface area contributed by atoms with Gasteiger partial charge in [-0.1, -0.05) is 18.2 Å². The molecule has 2 heterocycles. The maximum absolute atomic E-state index is 5.65. The van der Waals surface area contributed by atoms with Crippen LogP contribution in [-0.4, -0.2) is 32.7 Å². The topological polar surface area (TPSA) is 68.1 Å². The number of pyridine rings is 1. The Labute approximate surface area is 138 Å². The molecule has 0 fully saturated rings. The molecule has 0 aliphatic heterocycles. The Hall–Kier alpha value is -2.80. The maximum atomic E-state index is 5.65. The second kappa shape index (κ2) is 6.97. The predicted octanol–water partition coefficient (Wildman–Crippen LogP) is 3.28. The fourth-order valence-corrected chi connectivity index (χ4v) is 2.25. The Bertz CT molecular complexity index is 869. The van der Waals surface area contributed by atoms with Crippen molar-refractivity contribution in [2.45, 2.75) is 6.92 Å². The van der Waals surface area contributed by atoms with E-state index < -0.39 is 0 Å². The maximum Gasteiger partial charge on any atom is 0.216 e. The van der Waals surface area contributed by atoms with Crippen LogP contribution in [0.4, 0.5) is 0 Å². The zero-order valence-corrected chi connectivity index (χ0v) is 13.3. The molecule has 116 valence electrons. The molecule has 2 aromatic heterocycles. The molecular weight excluding hydrogens is 310 g/mol. The molecule has 0 unspecified atom stereocenters. The fourth-order valence-electron chi connectivity index (χ4n) is 2.08. The van der Waals surface area contributed by atoms with E-state index in [1.807, 2.05) is 49.4 Å². The number of hydrogen-bond donors (Lipinski definition) is 1. The summed E-state index contributed by atoms with van der Waals surface area (Å²) in [4.78, 5) is 4.21. The van der Waals surface area contributed by atoms with Gasteiger partial charge in [0.15, 0.2) is 5.82 Å². The number of aromatic amines is 1. The van der Waals surface area contributed by atoms with Crippen molar-refractivity contribution in [3.63, 3.8) is 0 Å². The van der Waals surface area contributed by atoms with Crippen molar-refractivity contribution in [1.82, 2.24) is 19.9 Å². The molecule has 3 rings (SSSR count). The van der Waals surface area contributed by atoms with Crippen LogP contribution in [0.5, 0.6) is 5.75 Å². The van der Waals surface area contributed by atoms with Crippen molar-refractivity contribution >= 4 is 18.4 Å². The monoisotopic (exact) mass is 325 g/mol. The van der Waals surface area contributed by atoms with Gasteiger partial charge in [0.05, 0.1) is 24.1 Å². The first-order valence-corrected chi connectivity index (χ1v) is 7.55. The lowest BCUT2D eigenvalue weighted by molar-refractivity contribution is 0.341. The minimum Gasteiger partial charge on any atom is -0.493 e. The van der Waals surface area contributed by atoms with E-state index in [-0.39, 0.29) is 0 Å². The lowest BCUT2D eigenvalue weighted by atomic mass is 10.2. The molecule has 0 atom stereocenters. The van der Waals surface area contributed by atoms with E-state index in [0.29, 0.717) is 17.2 Å². The lowest BCUT2D eigenvalue weighted by Gasteiger charge is -2.08. The molecular formula is C16H15N5OS. The van der Waals surface area contributed by atoms with Crippen LogP contribution in [0.15, 0.2) is 53.8 Å². The highest BCUT2D eigenvalue weighted by Gasteiger charge is 2.13. The van der Waals surface area contributed by atoms with Crippen LogP contribution >= 0.6 is 12.2 Å². The van der Waals surface area contributed by atoms with Gasteiger partial charge in [-0.25, -0.2) is 5.10 Å². The number of nitrogens with one attached hydrogen (secondary N) is 1. The number of para-hydroxylation sites is 1. The minimum atomic E-state index is 0.401. The van der Waals surface area contributed by atoms with Gasteiger partial charge in [0, 0.05) is 6.20 Å². The van der Waals surface area contributed by atoms with Gasteiger partial charge in [-0.2, -0.15) is 14.9 Å². The smallest absolute Gasteiger partial charge is 0.216 e. The molecule has 7 heteroatoms. The van der Waals surface area contributed by atoms with Crippen LogP contribution in [0.1, 0.15) is 12.6 Å². The van der Waals surface area contributed by atoms with Crippen LogP contribution in [0.25, 0.3) is 11.4 Å². The quantitative estimate of drug-likeness (QED) is 0.577. The Morgan fingerprint density at radius 2 is 2.09 bits per heavy atom. The van der Waals surface area contributed by atoms with Crippen molar-refractivity contribution in [3.8, 4) is 17.1 Å². The molecule has 6 nitrogen and oxygen atoms in total. The second-order valence-electron chi connectivity index (χ2n) is 4.59. The molecule has 0 aliphatic rings. The molecule has 3 aromatic rings. The zero-order chi connectivity index (χ0) is 16.1. The highest BCUT2D eigenvalue weighted by atomic mass is 32.1. The Morgan fingerprint density at radius 1 is 1.26 bits per heavy atom. The van der Waals surface area contributed by atoms with Crippen LogP contribution in [0, 0.1) is 4.77 Å². The average Bonchev–Trinajstić information content (AvgIpc) is 2.95. The van der Waals surface area contributed by atoms with Gasteiger partial charge in [0.25, 0.3) is 0 Å². The number of ether oxygens (including phenoxy) is 1. The first-order chi connectivity index (χ1) is 11.3. The normalized spacial score (nSPS) is 11.0. The van der Waals surface area contributed by atoms with Crippen molar-refractivity contribution in [3.05, 3.63) is 59.1 Å². The molecule has 0 spiro atoms. The predicted molar refractivity (Wildman–Crippen MR) is 91.2 cm³/mol. The number of benzene rings is 1. The summed E-state index contributed by atoms with van der Waals surface area (Å²) in [7, 11) is 0. The number of nitrogens with zero attached hydrogens (tertiary/aromatic N) is 4. The SMILES string of the molecule is CCOc1ccccc1-c1n[nH]c(=S)n1/N=C\c1ccccn1. The Kier molecular flexibility index (Phi) is 4.58. The van der Waals surface area contributed by atoms with Crippen LogP contribution in [-0.2, 0) is 0 Å². The molecule has 0 radical (unpaired) electrons. The third-order valence-corrected chi connectivity index (χ3v) is 3.34. The number of aromatic nitrogens is 4. The first kappa shape index (κ1) is 15.1. The van der Waals surface area contributed by atoms with Gasteiger partial charge in [-0.3, -0.25) is 4.98 Å². The molecule has 1 N–H and O–H groups in total. The molecule has 0 saturated carbocycles. The fraction of sp³-hybridized carbons (Fsp3) is 0.125. The molecule has 0 saturated heterocycles. The van der Waals surface area contributed by atoms with Gasteiger partial charge in [0.1, 0.15) is 5.75 Å². The average molecular weight is 325 g/mol. The Balaban J connectivity index is 2.03. The summed E-state index contributed by atoms with van der Waals surface area (Å²) in [6.07, 6.45) is 3.35. The molecule has 1 aromatic carbocycles. The van der Waals surface area contributed by atoms with E-state index in [1.54, 1.807) is 17.1 Å². The molecule has 23 heavy (non-hydrogen) atoms. The second-order valence-corrected chi connectivity index (χ2v) is 4.98. The zero-order valence-electron chi connectivity index (χ0n) is 12.5. The lowest BCUT2D eigenvalue weighted by Crippen LogP contribution is -1.99. The largest absolute Gasteiger partial charge is 0.493 e. The van der Waals surface area contributed by atoms with Gasteiger partial charge < -0.3 is 4.74 Å². The third kappa shape index (κ3) is 3.35. The van der Waals surface area contributed by atoms with Crippen molar-refractivity contribution in [1.29, 1.82) is 0 Å². The summed E-state index contributed by atoms with van der Waals surface area (Å²) in [5, 5.41) is 11.4. The van der Waals surface area contributed by atoms with E-state index in [4.69, 9.17) is 17.0 Å². The van der Waals surface area contributed by atoms with Gasteiger partial charge in [-0.05, 0) is 43.4 Å². The van der Waals surface area contributed by atoms with Crippen LogP contribution in [0.3, 0.4) is 0 Å². The summed E-state index contributed by atoms with van der Waals surface area (Å²) in [5.41, 5.74) is 1.56. The van der Waals surface area contributed by atoms with E-state index in [1.165, 1.54) is 0 Å². The van der Waals surface area contributed by atoms with Crippen LogP contribution < -0.4 is 4.74 Å². The summed E-state index contributed by atoms with van der Waals surface area (Å²) >= 11 is 5.27. The highest BCUT2D eigenvalue weighted by Crippen LogP contribution is 2.28. The summed E-state index contributed by atoms with van der Waals surface area (Å²) < 4.78 is 7.61. The highest BCUT2D eigenvalue weighted by molar-refractivity contribution is 7.71. The molecule has 0 bridgehead atoms. The molecule has 0 amide bonds.